The first-order valence-corrected chi connectivity index (χ1v) is 10.2. The summed E-state index contributed by atoms with van der Waals surface area (Å²) >= 11 is 3.42. The molecule has 6 heteroatoms. The first kappa shape index (κ1) is 17.8. The quantitative estimate of drug-likeness (QED) is 0.732. The van der Waals surface area contributed by atoms with Crippen LogP contribution in [-0.4, -0.2) is 31.9 Å². The van der Waals surface area contributed by atoms with Crippen LogP contribution in [0, 0.1) is 0 Å². The number of piperidine rings is 1. The van der Waals surface area contributed by atoms with Crippen molar-refractivity contribution in [1.29, 1.82) is 0 Å². The molecule has 2 rings (SSSR count). The zero-order valence-corrected chi connectivity index (χ0v) is 15.6. The molecule has 1 aliphatic heterocycles. The second-order valence-corrected chi connectivity index (χ2v) is 8.36. The molecule has 0 saturated carbocycles. The minimum atomic E-state index is -3.46. The van der Waals surface area contributed by atoms with Crippen LogP contribution in [0.2, 0.25) is 0 Å². The van der Waals surface area contributed by atoms with E-state index in [1.165, 1.54) is 0 Å². The summed E-state index contributed by atoms with van der Waals surface area (Å²) in [7, 11) is -3.46. The third-order valence-corrected chi connectivity index (χ3v) is 6.62. The van der Waals surface area contributed by atoms with Gasteiger partial charge in [-0.05, 0) is 53.7 Å². The number of hydrogen-bond acceptors (Lipinski definition) is 3. The van der Waals surface area contributed by atoms with Crippen LogP contribution in [0.4, 0.5) is 0 Å². The van der Waals surface area contributed by atoms with Crippen LogP contribution >= 0.6 is 15.9 Å². The van der Waals surface area contributed by atoms with E-state index in [0.29, 0.717) is 23.8 Å². The number of rotatable bonds is 6. The molecule has 1 aliphatic rings. The van der Waals surface area contributed by atoms with Crippen molar-refractivity contribution in [2.45, 2.75) is 56.9 Å². The maximum Gasteiger partial charge on any atom is 0.243 e. The van der Waals surface area contributed by atoms with Gasteiger partial charge >= 0.3 is 0 Å². The summed E-state index contributed by atoms with van der Waals surface area (Å²) in [5, 5.41) is 0. The lowest BCUT2D eigenvalue weighted by Crippen LogP contribution is -2.43. The molecule has 1 saturated heterocycles. The smallest absolute Gasteiger partial charge is 0.243 e. The zero-order chi connectivity index (χ0) is 16.2. The highest BCUT2D eigenvalue weighted by Crippen LogP contribution is 2.32. The lowest BCUT2D eigenvalue weighted by molar-refractivity contribution is 0.246. The van der Waals surface area contributed by atoms with E-state index in [4.69, 9.17) is 4.74 Å². The Morgan fingerprint density at radius 2 is 2.09 bits per heavy atom. The molecule has 1 atom stereocenters. The van der Waals surface area contributed by atoms with Gasteiger partial charge in [0, 0.05) is 18.7 Å². The summed E-state index contributed by atoms with van der Waals surface area (Å²) in [6.45, 7) is 5.26. The van der Waals surface area contributed by atoms with Crippen molar-refractivity contribution in [3.05, 3.63) is 22.7 Å². The van der Waals surface area contributed by atoms with E-state index in [-0.39, 0.29) is 6.04 Å². The van der Waals surface area contributed by atoms with Crippen LogP contribution in [0.3, 0.4) is 0 Å². The summed E-state index contributed by atoms with van der Waals surface area (Å²) in [5.74, 6) is 0.591. The molecule has 0 amide bonds. The fourth-order valence-electron chi connectivity index (χ4n) is 2.80. The van der Waals surface area contributed by atoms with Crippen LogP contribution < -0.4 is 4.74 Å². The fraction of sp³-hybridized carbons (Fsp3) is 0.625. The Labute approximate surface area is 142 Å². The SMILES string of the molecule is CCCOc1cc(S(=O)(=O)N2CCCC[C@@H]2CC)ccc1Br. The highest BCUT2D eigenvalue weighted by Gasteiger charge is 2.32. The highest BCUT2D eigenvalue weighted by atomic mass is 79.9. The number of ether oxygens (including phenoxy) is 1. The van der Waals surface area contributed by atoms with Gasteiger partial charge in [-0.1, -0.05) is 20.3 Å². The van der Waals surface area contributed by atoms with Crippen molar-refractivity contribution in [2.75, 3.05) is 13.2 Å². The predicted molar refractivity (Wildman–Crippen MR) is 91.7 cm³/mol. The highest BCUT2D eigenvalue weighted by molar-refractivity contribution is 9.10. The van der Waals surface area contributed by atoms with Crippen LogP contribution in [-0.2, 0) is 10.0 Å². The molecule has 124 valence electrons. The molecule has 22 heavy (non-hydrogen) atoms. The maximum atomic E-state index is 12.9. The summed E-state index contributed by atoms with van der Waals surface area (Å²) < 4.78 is 34.0. The lowest BCUT2D eigenvalue weighted by Gasteiger charge is -2.34. The molecule has 1 aromatic carbocycles. The second-order valence-electron chi connectivity index (χ2n) is 5.61. The number of nitrogens with zero attached hydrogens (tertiary/aromatic N) is 1. The first-order valence-electron chi connectivity index (χ1n) is 7.94. The van der Waals surface area contributed by atoms with E-state index in [1.807, 2.05) is 6.92 Å². The topological polar surface area (TPSA) is 46.6 Å². The van der Waals surface area contributed by atoms with E-state index in [1.54, 1.807) is 22.5 Å². The Morgan fingerprint density at radius 3 is 2.77 bits per heavy atom. The van der Waals surface area contributed by atoms with Crippen LogP contribution in [0.15, 0.2) is 27.6 Å². The number of hydrogen-bond donors (Lipinski definition) is 0. The summed E-state index contributed by atoms with van der Waals surface area (Å²) in [6, 6.07) is 5.15. The van der Waals surface area contributed by atoms with Gasteiger partial charge in [0.15, 0.2) is 0 Å². The number of halogens is 1. The van der Waals surface area contributed by atoms with Gasteiger partial charge in [-0.2, -0.15) is 4.31 Å². The number of sulfonamides is 1. The molecule has 0 bridgehead atoms. The molecule has 1 fully saturated rings. The fourth-order valence-corrected chi connectivity index (χ4v) is 4.94. The molecule has 1 heterocycles. The van der Waals surface area contributed by atoms with Gasteiger partial charge in [-0.25, -0.2) is 8.42 Å². The monoisotopic (exact) mass is 389 g/mol. The van der Waals surface area contributed by atoms with Gasteiger partial charge in [0.05, 0.1) is 16.0 Å². The Bertz CT molecular complexity index is 603. The Kier molecular flexibility index (Phi) is 6.29. The van der Waals surface area contributed by atoms with Crippen LogP contribution in [0.25, 0.3) is 0 Å². The third kappa shape index (κ3) is 3.84. The van der Waals surface area contributed by atoms with E-state index >= 15 is 0 Å². The van der Waals surface area contributed by atoms with Crippen molar-refractivity contribution in [3.8, 4) is 5.75 Å². The minimum Gasteiger partial charge on any atom is -0.492 e. The van der Waals surface area contributed by atoms with Crippen molar-refractivity contribution in [2.24, 2.45) is 0 Å². The number of benzene rings is 1. The summed E-state index contributed by atoms with van der Waals surface area (Å²) in [4.78, 5) is 0.321. The van der Waals surface area contributed by atoms with Crippen molar-refractivity contribution in [1.82, 2.24) is 4.31 Å². The van der Waals surface area contributed by atoms with E-state index in [0.717, 1.165) is 36.6 Å². The molecule has 0 N–H and O–H groups in total. The van der Waals surface area contributed by atoms with Gasteiger partial charge in [0.1, 0.15) is 5.75 Å². The average Bonchev–Trinajstić information content (AvgIpc) is 2.53. The third-order valence-electron chi connectivity index (χ3n) is 4.02. The van der Waals surface area contributed by atoms with E-state index < -0.39 is 10.0 Å². The first-order chi connectivity index (χ1) is 10.5. The molecule has 0 aromatic heterocycles. The van der Waals surface area contributed by atoms with Gasteiger partial charge < -0.3 is 4.74 Å². The van der Waals surface area contributed by atoms with Gasteiger partial charge in [-0.3, -0.25) is 0 Å². The van der Waals surface area contributed by atoms with E-state index in [2.05, 4.69) is 22.9 Å². The lowest BCUT2D eigenvalue weighted by atomic mass is 10.0. The molecule has 0 spiro atoms. The summed E-state index contributed by atoms with van der Waals surface area (Å²) in [5.41, 5.74) is 0. The maximum absolute atomic E-state index is 12.9. The van der Waals surface area contributed by atoms with Crippen molar-refractivity contribution in [3.63, 3.8) is 0 Å². The Morgan fingerprint density at radius 1 is 1.32 bits per heavy atom. The second kappa shape index (κ2) is 7.79. The summed E-state index contributed by atoms with van der Waals surface area (Å²) in [6.07, 6.45) is 4.73. The van der Waals surface area contributed by atoms with Crippen molar-refractivity contribution < 1.29 is 13.2 Å². The van der Waals surface area contributed by atoms with Gasteiger partial charge in [0.2, 0.25) is 10.0 Å². The van der Waals surface area contributed by atoms with Gasteiger partial charge in [-0.15, -0.1) is 0 Å². The minimum absolute atomic E-state index is 0.113. The van der Waals surface area contributed by atoms with Gasteiger partial charge in [0.25, 0.3) is 0 Å². The Hall–Kier alpha value is -0.590. The standard InChI is InChI=1S/C16H24BrNO3S/c1-3-11-21-16-12-14(8-9-15(16)17)22(19,20)18-10-6-5-7-13(18)4-2/h8-9,12-13H,3-7,10-11H2,1-2H3/t13-/m0/s1. The molecule has 4 nitrogen and oxygen atoms in total. The predicted octanol–water partition coefficient (Wildman–Crippen LogP) is 4.19. The van der Waals surface area contributed by atoms with Crippen molar-refractivity contribution >= 4 is 26.0 Å². The zero-order valence-electron chi connectivity index (χ0n) is 13.2. The van der Waals surface area contributed by atoms with Crippen LogP contribution in [0.1, 0.15) is 46.0 Å². The van der Waals surface area contributed by atoms with Crippen LogP contribution in [0.5, 0.6) is 5.75 Å². The van der Waals surface area contributed by atoms with E-state index in [9.17, 15) is 8.42 Å². The molecule has 1 aromatic rings. The molecule has 0 unspecified atom stereocenters. The molecular weight excluding hydrogens is 366 g/mol. The Balaban J connectivity index is 2.32. The molecule has 0 radical (unpaired) electrons. The normalized spacial score (nSPS) is 20.0. The molecular formula is C16H24BrNO3S. The largest absolute Gasteiger partial charge is 0.492 e. The molecule has 0 aliphatic carbocycles. The average molecular weight is 390 g/mol.